The minimum atomic E-state index is -1.39. The molecule has 1 aliphatic carbocycles. The van der Waals surface area contributed by atoms with Crippen molar-refractivity contribution in [2.45, 2.75) is 122 Å². The molecule has 0 spiro atoms. The van der Waals surface area contributed by atoms with Crippen LogP contribution in [-0.4, -0.2) is 79.6 Å². The van der Waals surface area contributed by atoms with Crippen molar-refractivity contribution in [2.75, 3.05) is 20.1 Å². The number of carbonyl (C=O) groups excluding carboxylic acids is 5. The lowest BCUT2D eigenvalue weighted by Crippen LogP contribution is -2.63. The lowest BCUT2D eigenvalue weighted by atomic mass is 9.84. The Kier molecular flexibility index (Phi) is 14.7. The summed E-state index contributed by atoms with van der Waals surface area (Å²) < 4.78 is 0. The second-order valence-electron chi connectivity index (χ2n) is 12.2. The van der Waals surface area contributed by atoms with Gasteiger partial charge in [-0.05, 0) is 58.5 Å². The third-order valence-electron chi connectivity index (χ3n) is 8.28. The number of hydrogen-bond acceptors (Lipinski definition) is 8. The van der Waals surface area contributed by atoms with E-state index in [0.717, 1.165) is 25.7 Å². The van der Waals surface area contributed by atoms with E-state index in [-0.39, 0.29) is 37.1 Å². The van der Waals surface area contributed by atoms with Crippen molar-refractivity contribution >= 4 is 29.5 Å². The maximum Gasteiger partial charge on any atom is 0.246 e. The summed E-state index contributed by atoms with van der Waals surface area (Å²) in [7, 11) is 1.72. The fraction of sp³-hybridized carbons (Fsp3) is 0.828. The van der Waals surface area contributed by atoms with Gasteiger partial charge < -0.3 is 32.3 Å². The highest BCUT2D eigenvalue weighted by molar-refractivity contribution is 5.97. The fourth-order valence-corrected chi connectivity index (χ4v) is 5.35. The van der Waals surface area contributed by atoms with E-state index in [1.807, 2.05) is 0 Å². The summed E-state index contributed by atoms with van der Waals surface area (Å²) in [4.78, 5) is 66.5. The van der Waals surface area contributed by atoms with Crippen molar-refractivity contribution in [3.8, 4) is 0 Å². The van der Waals surface area contributed by atoms with Gasteiger partial charge in [0, 0.05) is 12.5 Å². The Morgan fingerprint density at radius 2 is 1.62 bits per heavy atom. The first-order chi connectivity index (χ1) is 19.9. The molecule has 2 fully saturated rings. The fourth-order valence-electron chi connectivity index (χ4n) is 5.35. The van der Waals surface area contributed by atoms with Gasteiger partial charge in [0.25, 0.3) is 0 Å². The predicted octanol–water partition coefficient (Wildman–Crippen LogP) is -0.296. The van der Waals surface area contributed by atoms with Gasteiger partial charge >= 0.3 is 0 Å². The lowest BCUT2D eigenvalue weighted by Gasteiger charge is -2.34. The zero-order valence-corrected chi connectivity index (χ0v) is 26.1. The molecule has 1 aliphatic heterocycles. The normalized spacial score (nSPS) is 27.7. The summed E-state index contributed by atoms with van der Waals surface area (Å²) in [6.07, 6.45) is 6.64. The third-order valence-corrected chi connectivity index (χ3v) is 8.28. The molecule has 1 saturated heterocycles. The Morgan fingerprint density at radius 1 is 0.976 bits per heavy atom. The van der Waals surface area contributed by atoms with E-state index in [1.54, 1.807) is 34.7 Å². The van der Waals surface area contributed by atoms with Crippen LogP contribution in [0.15, 0.2) is 0 Å². The Balaban J connectivity index is 2.34. The van der Waals surface area contributed by atoms with Crippen molar-refractivity contribution in [1.82, 2.24) is 37.2 Å². The van der Waals surface area contributed by atoms with Crippen LogP contribution in [0, 0.1) is 11.8 Å². The zero-order chi connectivity index (χ0) is 31.3. The highest BCUT2D eigenvalue weighted by atomic mass is 16.2. The Morgan fingerprint density at radius 3 is 2.24 bits per heavy atom. The number of carbonyl (C=O) groups is 5. The van der Waals surface area contributed by atoms with Gasteiger partial charge in [-0.15, -0.1) is 0 Å². The highest BCUT2D eigenvalue weighted by Gasteiger charge is 2.39. The summed E-state index contributed by atoms with van der Waals surface area (Å²) in [5.74, 6) is -2.20. The second-order valence-corrected chi connectivity index (χ2v) is 12.2. The van der Waals surface area contributed by atoms with E-state index in [9.17, 15) is 24.0 Å². The molecule has 0 aromatic heterocycles. The van der Waals surface area contributed by atoms with E-state index >= 15 is 0 Å². The quantitative estimate of drug-likeness (QED) is 0.118. The van der Waals surface area contributed by atoms with Crippen molar-refractivity contribution in [1.29, 1.82) is 0 Å². The molecule has 5 atom stereocenters. The van der Waals surface area contributed by atoms with Gasteiger partial charge in [0.2, 0.25) is 29.5 Å². The van der Waals surface area contributed by atoms with E-state index in [1.165, 1.54) is 6.42 Å². The molecule has 13 heteroatoms. The minimum absolute atomic E-state index is 0.0949. The van der Waals surface area contributed by atoms with Crippen LogP contribution in [-0.2, 0) is 24.0 Å². The first-order valence-corrected chi connectivity index (χ1v) is 15.6. The first-order valence-electron chi connectivity index (χ1n) is 15.6. The topological polar surface area (TPSA) is 196 Å². The molecule has 1 saturated carbocycles. The highest BCUT2D eigenvalue weighted by Crippen LogP contribution is 2.27. The number of hydrogen-bond donors (Lipinski definition) is 8. The number of amides is 5. The Hall–Kier alpha value is -2.77. The molecule has 0 radical (unpaired) electrons. The first kappa shape index (κ1) is 35.4. The average Bonchev–Trinajstić information content (AvgIpc) is 2.96. The van der Waals surface area contributed by atoms with Crippen molar-refractivity contribution < 1.29 is 24.0 Å². The molecule has 13 nitrogen and oxygen atoms in total. The van der Waals surface area contributed by atoms with Gasteiger partial charge in [-0.25, -0.2) is 0 Å². The zero-order valence-electron chi connectivity index (χ0n) is 26.1. The summed E-state index contributed by atoms with van der Waals surface area (Å²) >= 11 is 0. The molecule has 42 heavy (non-hydrogen) atoms. The molecule has 2 aliphatic rings. The SMILES string of the molecule is CC[C@@H]1NC(=O)[C@H](CCCNC(N)NC)NC(=O)[C@](C)(NC(=O)C(C)C)CCNC(=O)[C@@H](CC2CCCCC2)NC1=O. The van der Waals surface area contributed by atoms with E-state index in [4.69, 9.17) is 5.73 Å². The number of rotatable bonds is 11. The van der Waals surface area contributed by atoms with Crippen LogP contribution in [0.3, 0.4) is 0 Å². The molecule has 0 aromatic carbocycles. The molecule has 1 heterocycles. The molecule has 1 unspecified atom stereocenters. The maximum absolute atomic E-state index is 13.7. The number of nitrogens with two attached hydrogens (primary N) is 1. The van der Waals surface area contributed by atoms with Crippen LogP contribution in [0.25, 0.3) is 0 Å². The molecule has 2 rings (SSSR count). The van der Waals surface area contributed by atoms with Crippen LogP contribution in [0.5, 0.6) is 0 Å². The third kappa shape index (κ3) is 11.1. The van der Waals surface area contributed by atoms with Crippen molar-refractivity contribution in [2.24, 2.45) is 17.6 Å². The Labute approximate surface area is 250 Å². The standard InChI is InChI=1S/C29H54N8O5/c1-6-20-25(40)35-22(17-19-11-8-7-9-12-19)24(39)32-16-14-29(4,37-23(38)18(2)3)27(42)36-21(26(41)34-20)13-10-15-33-28(30)31-5/h18-22,28,31,33H,6-17,30H2,1-5H3,(H,32,39)(H,34,41)(H,35,40)(H,36,42)(H,37,38)/t20-,21-,22+,28?,29+/m0/s1. The molecule has 9 N–H and O–H groups in total. The van der Waals surface area contributed by atoms with Gasteiger partial charge in [-0.3, -0.25) is 34.6 Å². The molecular weight excluding hydrogens is 540 g/mol. The average molecular weight is 595 g/mol. The summed E-state index contributed by atoms with van der Waals surface area (Å²) in [5.41, 5.74) is 4.44. The van der Waals surface area contributed by atoms with Gasteiger partial charge in [0.05, 0.1) is 0 Å². The monoisotopic (exact) mass is 594 g/mol. The predicted molar refractivity (Wildman–Crippen MR) is 161 cm³/mol. The Bertz CT molecular complexity index is 926. The number of nitrogens with one attached hydrogen (secondary N) is 7. The smallest absolute Gasteiger partial charge is 0.246 e. The maximum atomic E-state index is 13.7. The second kappa shape index (κ2) is 17.4. The van der Waals surface area contributed by atoms with Crippen LogP contribution in [0.1, 0.15) is 91.9 Å². The minimum Gasteiger partial charge on any atom is -0.354 e. The molecule has 240 valence electrons. The van der Waals surface area contributed by atoms with E-state index < -0.39 is 47.7 Å². The van der Waals surface area contributed by atoms with Gasteiger partial charge in [-0.2, -0.15) is 0 Å². The van der Waals surface area contributed by atoms with Gasteiger partial charge in [0.15, 0.2) is 0 Å². The summed E-state index contributed by atoms with van der Waals surface area (Å²) in [6.45, 7) is 7.40. The molecular formula is C29H54N8O5. The molecule has 0 aromatic rings. The summed E-state index contributed by atoms with van der Waals surface area (Å²) in [5, 5.41) is 20.1. The molecule has 0 bridgehead atoms. The van der Waals surface area contributed by atoms with Crippen molar-refractivity contribution in [3.05, 3.63) is 0 Å². The van der Waals surface area contributed by atoms with Gasteiger partial charge in [0.1, 0.15) is 30.0 Å². The van der Waals surface area contributed by atoms with Crippen molar-refractivity contribution in [3.63, 3.8) is 0 Å². The van der Waals surface area contributed by atoms with Crippen LogP contribution >= 0.6 is 0 Å². The van der Waals surface area contributed by atoms with Crippen LogP contribution in [0.2, 0.25) is 0 Å². The summed E-state index contributed by atoms with van der Waals surface area (Å²) in [6, 6.07) is -2.61. The largest absolute Gasteiger partial charge is 0.354 e. The molecule has 5 amide bonds. The van der Waals surface area contributed by atoms with E-state index in [0.29, 0.717) is 31.7 Å². The van der Waals surface area contributed by atoms with E-state index in [2.05, 4.69) is 37.2 Å². The van der Waals surface area contributed by atoms with Crippen LogP contribution in [0.4, 0.5) is 0 Å². The van der Waals surface area contributed by atoms with Gasteiger partial charge in [-0.1, -0.05) is 52.9 Å². The van der Waals surface area contributed by atoms with Crippen LogP contribution < -0.4 is 43.0 Å². The lowest BCUT2D eigenvalue weighted by molar-refractivity contribution is -0.138.